The molecule has 0 aromatic heterocycles. The molecule has 0 aliphatic carbocycles. The Morgan fingerprint density at radius 2 is 1.67 bits per heavy atom. The zero-order valence-electron chi connectivity index (χ0n) is 9.54. The van der Waals surface area contributed by atoms with Gasteiger partial charge in [-0.15, -0.1) is 5.06 Å². The lowest BCUT2D eigenvalue weighted by Gasteiger charge is -2.17. The van der Waals surface area contributed by atoms with Crippen LogP contribution in [0.15, 0.2) is 53.0 Å². The van der Waals surface area contributed by atoms with E-state index in [4.69, 9.17) is 4.84 Å². The summed E-state index contributed by atoms with van der Waals surface area (Å²) in [6, 6.07) is 14.4. The van der Waals surface area contributed by atoms with E-state index in [0.717, 1.165) is 10.0 Å². The van der Waals surface area contributed by atoms with Crippen molar-refractivity contribution in [2.45, 2.75) is 0 Å². The quantitative estimate of drug-likeness (QED) is 0.638. The molecule has 0 saturated heterocycles. The number of amides is 1. The van der Waals surface area contributed by atoms with E-state index in [0.29, 0.717) is 17.8 Å². The van der Waals surface area contributed by atoms with Gasteiger partial charge in [0.15, 0.2) is 5.75 Å². The molecule has 3 nitrogen and oxygen atoms in total. The summed E-state index contributed by atoms with van der Waals surface area (Å²) in [5.41, 5.74) is 1.54. The van der Waals surface area contributed by atoms with Gasteiger partial charge in [0.25, 0.3) is 0 Å². The maximum Gasteiger partial charge on any atom is 0.247 e. The minimum atomic E-state index is 0.587. The molecule has 1 amide bonds. The van der Waals surface area contributed by atoms with Crippen molar-refractivity contribution >= 4 is 28.0 Å². The lowest BCUT2D eigenvalue weighted by molar-refractivity contribution is -0.111. The van der Waals surface area contributed by atoms with Crippen molar-refractivity contribution < 1.29 is 9.63 Å². The van der Waals surface area contributed by atoms with Gasteiger partial charge in [0.1, 0.15) is 0 Å². The monoisotopic (exact) mass is 304 g/mol. The number of benzene rings is 2. The van der Waals surface area contributed by atoms with Gasteiger partial charge in [0.2, 0.25) is 6.41 Å². The van der Waals surface area contributed by atoms with Crippen molar-refractivity contribution in [1.82, 2.24) is 0 Å². The zero-order chi connectivity index (χ0) is 13.0. The van der Waals surface area contributed by atoms with Crippen LogP contribution in [0.1, 0.15) is 5.56 Å². The van der Waals surface area contributed by atoms with Crippen LogP contribution in [-0.2, 0) is 4.79 Å². The van der Waals surface area contributed by atoms with Crippen molar-refractivity contribution in [2.24, 2.45) is 0 Å². The van der Waals surface area contributed by atoms with Gasteiger partial charge in [-0.1, -0.05) is 28.1 Å². The highest BCUT2D eigenvalue weighted by Gasteiger charge is 2.07. The maximum atomic E-state index is 11.0. The summed E-state index contributed by atoms with van der Waals surface area (Å²) < 4.78 is 0.953. The lowest BCUT2D eigenvalue weighted by Crippen LogP contribution is -2.25. The van der Waals surface area contributed by atoms with E-state index in [9.17, 15) is 4.79 Å². The normalized spacial score (nSPS) is 9.89. The highest BCUT2D eigenvalue weighted by atomic mass is 79.9. The molecule has 2 rings (SSSR count). The van der Waals surface area contributed by atoms with Crippen molar-refractivity contribution in [3.05, 3.63) is 65.5 Å². The summed E-state index contributed by atoms with van der Waals surface area (Å²) in [5.74, 6) is 0.587. The van der Waals surface area contributed by atoms with Crippen LogP contribution in [0.4, 0.5) is 5.69 Å². The maximum absolute atomic E-state index is 11.0. The number of hydrogen-bond donors (Lipinski definition) is 0. The standard InChI is InChI=1S/C14H11BrNO2/c1-11-2-6-13(7-3-11)16(10-17)18-14-8-4-12(15)5-9-14/h2-10H,1H2. The Kier molecular flexibility index (Phi) is 3.99. The number of carbonyl (C=O) groups is 1. The summed E-state index contributed by atoms with van der Waals surface area (Å²) in [6.07, 6.45) is 0.625. The second-order valence-electron chi connectivity index (χ2n) is 3.64. The largest absolute Gasteiger partial charge is 0.372 e. The number of hydroxylamine groups is 1. The fourth-order valence-electron chi connectivity index (χ4n) is 1.39. The smallest absolute Gasteiger partial charge is 0.247 e. The van der Waals surface area contributed by atoms with Crippen LogP contribution in [0.5, 0.6) is 5.75 Å². The van der Waals surface area contributed by atoms with E-state index in [-0.39, 0.29) is 0 Å². The molecule has 0 N–H and O–H groups in total. The molecule has 0 spiro atoms. The van der Waals surface area contributed by atoms with Crippen molar-refractivity contribution in [3.8, 4) is 5.75 Å². The molecule has 0 aliphatic heterocycles. The Morgan fingerprint density at radius 1 is 1.06 bits per heavy atom. The second-order valence-corrected chi connectivity index (χ2v) is 4.56. The van der Waals surface area contributed by atoms with Crippen LogP contribution in [-0.4, -0.2) is 6.41 Å². The summed E-state index contributed by atoms with van der Waals surface area (Å²) in [4.78, 5) is 16.5. The van der Waals surface area contributed by atoms with Crippen molar-refractivity contribution in [3.63, 3.8) is 0 Å². The van der Waals surface area contributed by atoms with Crippen LogP contribution in [0.3, 0.4) is 0 Å². The predicted octanol–water partition coefficient (Wildman–Crippen LogP) is 3.59. The number of hydrogen-bond acceptors (Lipinski definition) is 2. The molecule has 18 heavy (non-hydrogen) atoms. The molecule has 4 heteroatoms. The lowest BCUT2D eigenvalue weighted by atomic mass is 10.2. The molecule has 0 fully saturated rings. The fourth-order valence-corrected chi connectivity index (χ4v) is 1.65. The topological polar surface area (TPSA) is 29.5 Å². The van der Waals surface area contributed by atoms with Crippen molar-refractivity contribution in [2.75, 3.05) is 5.06 Å². The summed E-state index contributed by atoms with van der Waals surface area (Å²) >= 11 is 3.34. The predicted molar refractivity (Wildman–Crippen MR) is 74.2 cm³/mol. The third kappa shape index (κ3) is 3.11. The second kappa shape index (κ2) is 5.69. The third-order valence-corrected chi connectivity index (χ3v) is 2.83. The van der Waals surface area contributed by atoms with Crippen LogP contribution in [0.2, 0.25) is 0 Å². The van der Waals surface area contributed by atoms with Gasteiger partial charge in [-0.3, -0.25) is 4.79 Å². The average molecular weight is 305 g/mol. The Balaban J connectivity index is 2.16. The first-order valence-corrected chi connectivity index (χ1v) is 6.08. The Bertz CT molecular complexity index is 522. The van der Waals surface area contributed by atoms with Gasteiger partial charge in [-0.25, -0.2) is 0 Å². The molecule has 2 aromatic carbocycles. The molecule has 0 atom stereocenters. The van der Waals surface area contributed by atoms with E-state index >= 15 is 0 Å². The van der Waals surface area contributed by atoms with E-state index in [1.165, 1.54) is 5.06 Å². The Hall–Kier alpha value is -1.81. The molecule has 0 aliphatic rings. The van der Waals surface area contributed by atoms with Crippen molar-refractivity contribution in [1.29, 1.82) is 0 Å². The molecular formula is C14H11BrNO2. The molecule has 1 radical (unpaired) electrons. The highest BCUT2D eigenvalue weighted by Crippen LogP contribution is 2.20. The van der Waals surface area contributed by atoms with Crippen LogP contribution >= 0.6 is 15.9 Å². The first-order valence-electron chi connectivity index (χ1n) is 5.29. The first-order chi connectivity index (χ1) is 8.69. The molecule has 0 bridgehead atoms. The van der Waals surface area contributed by atoms with Crippen LogP contribution in [0, 0.1) is 6.92 Å². The molecule has 0 saturated carbocycles. The van der Waals surface area contributed by atoms with E-state index in [2.05, 4.69) is 22.9 Å². The number of carbonyl (C=O) groups excluding carboxylic acids is 1. The van der Waals surface area contributed by atoms with Gasteiger partial charge in [-0.05, 0) is 48.9 Å². The van der Waals surface area contributed by atoms with Crippen LogP contribution in [0.25, 0.3) is 0 Å². The minimum absolute atomic E-state index is 0.587. The van der Waals surface area contributed by atoms with Crippen LogP contribution < -0.4 is 9.90 Å². The Labute approximate surface area is 114 Å². The van der Waals surface area contributed by atoms with Gasteiger partial charge >= 0.3 is 0 Å². The van der Waals surface area contributed by atoms with Gasteiger partial charge in [0, 0.05) is 4.47 Å². The summed E-state index contributed by atoms with van der Waals surface area (Å²) in [7, 11) is 0. The molecule has 0 unspecified atom stereocenters. The first kappa shape index (κ1) is 12.6. The van der Waals surface area contributed by atoms with Gasteiger partial charge in [0.05, 0.1) is 5.69 Å². The highest BCUT2D eigenvalue weighted by molar-refractivity contribution is 9.10. The number of anilines is 1. The zero-order valence-corrected chi connectivity index (χ0v) is 11.1. The fraction of sp³-hybridized carbons (Fsp3) is 0. The third-order valence-electron chi connectivity index (χ3n) is 2.30. The SMILES string of the molecule is [CH2]c1ccc(N(C=O)Oc2ccc(Br)cc2)cc1. The summed E-state index contributed by atoms with van der Waals surface area (Å²) in [5, 5.41) is 1.17. The molecule has 91 valence electrons. The summed E-state index contributed by atoms with van der Waals surface area (Å²) in [6.45, 7) is 3.79. The average Bonchev–Trinajstić information content (AvgIpc) is 2.39. The Morgan fingerprint density at radius 3 is 2.22 bits per heavy atom. The number of halogens is 1. The molecular weight excluding hydrogens is 294 g/mol. The van der Waals surface area contributed by atoms with Gasteiger partial charge in [-0.2, -0.15) is 0 Å². The molecule has 0 heterocycles. The van der Waals surface area contributed by atoms with E-state index in [1.54, 1.807) is 24.3 Å². The minimum Gasteiger partial charge on any atom is -0.372 e. The number of nitrogens with zero attached hydrogens (tertiary/aromatic N) is 1. The molecule has 2 aromatic rings. The van der Waals surface area contributed by atoms with E-state index in [1.807, 2.05) is 24.3 Å². The van der Waals surface area contributed by atoms with Gasteiger partial charge < -0.3 is 4.84 Å². The van der Waals surface area contributed by atoms with E-state index < -0.39 is 0 Å². The number of rotatable bonds is 4.